The molecule has 1 aliphatic heterocycles. The topological polar surface area (TPSA) is 119 Å². The molecular weight excluding hydrogens is 565 g/mol. The van der Waals surface area contributed by atoms with Crippen molar-refractivity contribution in [1.29, 1.82) is 0 Å². The molecule has 0 bridgehead atoms. The number of anilines is 2. The summed E-state index contributed by atoms with van der Waals surface area (Å²) in [5, 5.41) is 10.6. The molecule has 3 N–H and O–H groups in total. The predicted octanol–water partition coefficient (Wildman–Crippen LogP) is 2.67. The maximum Gasteiger partial charge on any atom is 0.341 e. The lowest BCUT2D eigenvalue weighted by atomic mass is 9.49. The minimum Gasteiger partial charge on any atom is -0.477 e. The third-order valence-electron chi connectivity index (χ3n) is 7.91. The molecule has 0 aliphatic carbocycles. The summed E-state index contributed by atoms with van der Waals surface area (Å²) in [4.78, 5) is 41.3. The summed E-state index contributed by atoms with van der Waals surface area (Å²) in [5.41, 5.74) is 1.20. The number of nitrogens with zero attached hydrogens (tertiary/aromatic N) is 5. The Morgan fingerprint density at radius 2 is 1.95 bits per heavy atom. The smallest absolute Gasteiger partial charge is 0.341 e. The molecule has 218 valence electrons. The lowest BCUT2D eigenvalue weighted by molar-refractivity contribution is 0.0695. The highest BCUT2D eigenvalue weighted by Crippen LogP contribution is 2.45. The number of aromatic nitrogens is 4. The number of likely N-dealkylation sites (N-methyl/N-ethyl adjacent to an activating group) is 1. The number of nitrogens with one attached hydrogen (secondary N) is 2. The standard InChI is InChI=1S/C29H26B3F2N7O3/c1-39(2)11-14-5-4-6-41(14)24-16(13-7-15-25(42)17(28(43)44)12-40(3)27(15)36-9-13)10-35-26-21(24)20-22(34)18(33)8-19(23(20)37-26)38-29(30,31)32/h7-10,12,14,38H,4-6,11H2,1-3H3,(H,35,37)(H,43,44)/t14-/m0/s1. The van der Waals surface area contributed by atoms with Crippen LogP contribution in [-0.4, -0.2) is 97.5 Å². The SMILES string of the molecule is [B]C([B])([B])Nc1cc(F)c(F)c2c1[nH]c1ncc(-c3cnc4c(c3)c(=O)c(C(=O)O)cn4C)c(N3CCC[C@H]3CN(C)C)c12. The number of H-pyrrole nitrogens is 1. The van der Waals surface area contributed by atoms with E-state index in [9.17, 15) is 14.7 Å². The first kappa shape index (κ1) is 29.7. The van der Waals surface area contributed by atoms with Crippen molar-refractivity contribution in [3.05, 3.63) is 58.1 Å². The van der Waals surface area contributed by atoms with Gasteiger partial charge in [-0.1, -0.05) is 5.24 Å². The number of benzene rings is 1. The number of halogens is 2. The Hall–Kier alpha value is -4.39. The molecule has 4 aromatic heterocycles. The molecule has 1 fully saturated rings. The zero-order chi connectivity index (χ0) is 31.7. The first-order valence-electron chi connectivity index (χ1n) is 13.9. The third-order valence-corrected chi connectivity index (χ3v) is 7.91. The van der Waals surface area contributed by atoms with Crippen LogP contribution in [0.2, 0.25) is 0 Å². The van der Waals surface area contributed by atoms with E-state index in [0.717, 1.165) is 18.9 Å². The number of carboxylic acid groups (broad SMARTS) is 1. The second kappa shape index (κ2) is 10.7. The second-order valence-electron chi connectivity index (χ2n) is 11.5. The molecule has 6 rings (SSSR count). The van der Waals surface area contributed by atoms with E-state index in [1.54, 1.807) is 25.5 Å². The lowest BCUT2D eigenvalue weighted by Gasteiger charge is -2.31. The van der Waals surface area contributed by atoms with E-state index in [1.807, 2.05) is 14.1 Å². The zero-order valence-corrected chi connectivity index (χ0v) is 24.3. The van der Waals surface area contributed by atoms with E-state index in [-0.39, 0.29) is 39.3 Å². The number of hydrogen-bond acceptors (Lipinski definition) is 7. The number of aromatic amines is 1. The Labute approximate surface area is 254 Å². The third kappa shape index (κ3) is 4.98. The van der Waals surface area contributed by atoms with Crippen LogP contribution in [-0.2, 0) is 7.05 Å². The number of rotatable bonds is 7. The van der Waals surface area contributed by atoms with Gasteiger partial charge in [0.2, 0.25) is 5.43 Å². The fourth-order valence-corrected chi connectivity index (χ4v) is 6.19. The van der Waals surface area contributed by atoms with Gasteiger partial charge in [-0.3, -0.25) is 4.79 Å². The molecule has 0 amide bonds. The normalized spacial score (nSPS) is 15.7. The highest BCUT2D eigenvalue weighted by atomic mass is 19.2. The number of aromatic carboxylic acids is 1. The summed E-state index contributed by atoms with van der Waals surface area (Å²) in [5.74, 6) is -3.61. The first-order valence-corrected chi connectivity index (χ1v) is 13.9. The molecule has 1 atom stereocenters. The molecule has 10 nitrogen and oxygen atoms in total. The Morgan fingerprint density at radius 1 is 1.20 bits per heavy atom. The van der Waals surface area contributed by atoms with Crippen molar-refractivity contribution in [3.63, 3.8) is 0 Å². The molecule has 5 heterocycles. The molecule has 0 saturated carbocycles. The predicted molar refractivity (Wildman–Crippen MR) is 169 cm³/mol. The van der Waals surface area contributed by atoms with Gasteiger partial charge in [0, 0.05) is 62.0 Å². The van der Waals surface area contributed by atoms with Gasteiger partial charge in [-0.25, -0.2) is 23.5 Å². The number of carboxylic acids is 1. The van der Waals surface area contributed by atoms with Gasteiger partial charge >= 0.3 is 5.97 Å². The second-order valence-corrected chi connectivity index (χ2v) is 11.5. The molecule has 1 aliphatic rings. The van der Waals surface area contributed by atoms with Crippen LogP contribution in [0.1, 0.15) is 23.2 Å². The van der Waals surface area contributed by atoms with Gasteiger partial charge in [-0.2, -0.15) is 0 Å². The molecule has 15 heteroatoms. The Bertz CT molecular complexity index is 2040. The molecule has 0 spiro atoms. The maximum absolute atomic E-state index is 15.8. The van der Waals surface area contributed by atoms with E-state index >= 15 is 8.78 Å². The van der Waals surface area contributed by atoms with Gasteiger partial charge in [0.15, 0.2) is 11.6 Å². The lowest BCUT2D eigenvalue weighted by Crippen LogP contribution is -2.39. The van der Waals surface area contributed by atoms with Crippen molar-refractivity contribution < 1.29 is 18.7 Å². The van der Waals surface area contributed by atoms with Gasteiger partial charge in [-0.15, -0.1) is 0 Å². The average Bonchev–Trinajstić information content (AvgIpc) is 3.56. The summed E-state index contributed by atoms with van der Waals surface area (Å²) < 4.78 is 32.4. The van der Waals surface area contributed by atoms with Crippen LogP contribution in [0.15, 0.2) is 35.5 Å². The van der Waals surface area contributed by atoms with Crippen molar-refractivity contribution in [2.75, 3.05) is 37.4 Å². The van der Waals surface area contributed by atoms with E-state index in [2.05, 4.69) is 30.1 Å². The van der Waals surface area contributed by atoms with Gasteiger partial charge in [-0.05, 0) is 33.0 Å². The van der Waals surface area contributed by atoms with Crippen molar-refractivity contribution in [1.82, 2.24) is 24.4 Å². The van der Waals surface area contributed by atoms with Crippen LogP contribution >= 0.6 is 0 Å². The highest BCUT2D eigenvalue weighted by molar-refractivity contribution is 6.60. The molecule has 5 aromatic rings. The van der Waals surface area contributed by atoms with Crippen LogP contribution in [0.5, 0.6) is 0 Å². The van der Waals surface area contributed by atoms with Crippen molar-refractivity contribution in [3.8, 4) is 11.1 Å². The fraction of sp³-hybridized carbons (Fsp3) is 0.310. The fourth-order valence-electron chi connectivity index (χ4n) is 6.19. The van der Waals surface area contributed by atoms with E-state index in [0.29, 0.717) is 35.3 Å². The Balaban J connectivity index is 1.71. The molecular formula is C29H26B3F2N7O3. The van der Waals surface area contributed by atoms with Crippen LogP contribution in [0.3, 0.4) is 0 Å². The van der Waals surface area contributed by atoms with Gasteiger partial charge in [0.25, 0.3) is 0 Å². The minimum atomic E-state index is -1.93. The number of hydrogen-bond donors (Lipinski definition) is 3. The summed E-state index contributed by atoms with van der Waals surface area (Å²) >= 11 is 0. The first-order chi connectivity index (χ1) is 20.7. The summed E-state index contributed by atoms with van der Waals surface area (Å²) in [6.07, 6.45) is 6.05. The Morgan fingerprint density at radius 3 is 2.64 bits per heavy atom. The molecule has 1 saturated heterocycles. The van der Waals surface area contributed by atoms with Crippen LogP contribution < -0.4 is 15.6 Å². The quantitative estimate of drug-likeness (QED) is 0.248. The number of fused-ring (bicyclic) bond motifs is 4. The molecule has 44 heavy (non-hydrogen) atoms. The zero-order valence-electron chi connectivity index (χ0n) is 24.3. The number of carbonyl (C=O) groups is 1. The number of pyridine rings is 3. The molecule has 6 radical (unpaired) electrons. The summed E-state index contributed by atoms with van der Waals surface area (Å²) in [6.45, 7) is 1.30. The van der Waals surface area contributed by atoms with Crippen LogP contribution in [0.25, 0.3) is 44.1 Å². The molecule has 1 aromatic carbocycles. The van der Waals surface area contributed by atoms with Gasteiger partial charge in [0.05, 0.1) is 56.6 Å². The monoisotopic (exact) mass is 591 g/mol. The molecule has 0 unspecified atom stereocenters. The van der Waals surface area contributed by atoms with Crippen LogP contribution in [0, 0.1) is 11.6 Å². The van der Waals surface area contributed by atoms with E-state index < -0.39 is 33.8 Å². The van der Waals surface area contributed by atoms with E-state index in [4.69, 9.17) is 23.5 Å². The highest BCUT2D eigenvalue weighted by Gasteiger charge is 2.32. The summed E-state index contributed by atoms with van der Waals surface area (Å²) in [6, 6.07) is 2.49. The largest absolute Gasteiger partial charge is 0.477 e. The minimum absolute atomic E-state index is 0.0122. The van der Waals surface area contributed by atoms with Crippen LogP contribution in [0.4, 0.5) is 20.2 Å². The Kier molecular flexibility index (Phi) is 7.18. The maximum atomic E-state index is 15.8. The van der Waals surface area contributed by atoms with E-state index in [1.165, 1.54) is 10.8 Å². The number of aryl methyl sites for hydroxylation is 1. The van der Waals surface area contributed by atoms with Crippen molar-refractivity contribution >= 4 is 73.9 Å². The van der Waals surface area contributed by atoms with Gasteiger partial charge < -0.3 is 29.8 Å². The average molecular weight is 591 g/mol. The van der Waals surface area contributed by atoms with Gasteiger partial charge in [0.1, 0.15) is 16.9 Å². The van der Waals surface area contributed by atoms with Crippen molar-refractivity contribution in [2.45, 2.75) is 24.1 Å². The summed E-state index contributed by atoms with van der Waals surface area (Å²) in [7, 11) is 22.8. The van der Waals surface area contributed by atoms with Crippen molar-refractivity contribution in [2.24, 2.45) is 7.05 Å².